The third-order valence-electron chi connectivity index (χ3n) is 3.32. The van der Waals surface area contributed by atoms with Gasteiger partial charge in [-0.2, -0.15) is 0 Å². The highest BCUT2D eigenvalue weighted by Crippen LogP contribution is 2.17. The molecule has 1 atom stereocenters. The van der Waals surface area contributed by atoms with E-state index in [1.54, 1.807) is 18.2 Å². The standard InChI is InChI=1S/C15H21N3O3/c1-3-16-14(19)11-4-5-12(10(2)8-11)18-15(20)13-9-21-7-6-17-13/h4-5,8,13,17H,3,6-7,9H2,1-2H3,(H,16,19)(H,18,20). The van der Waals surface area contributed by atoms with Crippen LogP contribution in [0.15, 0.2) is 18.2 Å². The van der Waals surface area contributed by atoms with Crippen LogP contribution in [0.25, 0.3) is 0 Å². The lowest BCUT2D eigenvalue weighted by Gasteiger charge is -2.23. The van der Waals surface area contributed by atoms with E-state index < -0.39 is 0 Å². The van der Waals surface area contributed by atoms with Crippen LogP contribution in [0, 0.1) is 6.92 Å². The van der Waals surface area contributed by atoms with Gasteiger partial charge in [-0.05, 0) is 37.6 Å². The van der Waals surface area contributed by atoms with Crippen molar-refractivity contribution < 1.29 is 14.3 Å². The normalized spacial score (nSPS) is 18.1. The van der Waals surface area contributed by atoms with Crippen molar-refractivity contribution in [1.29, 1.82) is 0 Å². The molecule has 1 heterocycles. The zero-order chi connectivity index (χ0) is 15.2. The zero-order valence-corrected chi connectivity index (χ0v) is 12.4. The molecular formula is C15H21N3O3. The quantitative estimate of drug-likeness (QED) is 0.762. The molecule has 1 aromatic rings. The predicted molar refractivity (Wildman–Crippen MR) is 80.4 cm³/mol. The van der Waals surface area contributed by atoms with E-state index >= 15 is 0 Å². The molecule has 6 heteroatoms. The van der Waals surface area contributed by atoms with Gasteiger partial charge in [-0.3, -0.25) is 9.59 Å². The molecule has 1 unspecified atom stereocenters. The number of ether oxygens (including phenoxy) is 1. The number of aryl methyl sites for hydroxylation is 1. The molecule has 114 valence electrons. The first-order valence-corrected chi connectivity index (χ1v) is 7.12. The Balaban J connectivity index is 2.03. The van der Waals surface area contributed by atoms with E-state index in [9.17, 15) is 9.59 Å². The molecule has 1 fully saturated rings. The van der Waals surface area contributed by atoms with E-state index in [1.807, 2.05) is 13.8 Å². The monoisotopic (exact) mass is 291 g/mol. The Kier molecular flexibility index (Phi) is 5.30. The van der Waals surface area contributed by atoms with Crippen molar-refractivity contribution in [3.63, 3.8) is 0 Å². The fourth-order valence-corrected chi connectivity index (χ4v) is 2.16. The molecule has 0 radical (unpaired) electrons. The first-order valence-electron chi connectivity index (χ1n) is 7.12. The van der Waals surface area contributed by atoms with Gasteiger partial charge in [-0.15, -0.1) is 0 Å². The van der Waals surface area contributed by atoms with Crippen LogP contribution in [0.5, 0.6) is 0 Å². The van der Waals surface area contributed by atoms with E-state index in [1.165, 1.54) is 0 Å². The average Bonchev–Trinajstić information content (AvgIpc) is 2.50. The average molecular weight is 291 g/mol. The number of hydrogen-bond acceptors (Lipinski definition) is 4. The van der Waals surface area contributed by atoms with E-state index in [4.69, 9.17) is 4.74 Å². The molecular weight excluding hydrogens is 270 g/mol. The van der Waals surface area contributed by atoms with Gasteiger partial charge < -0.3 is 20.7 Å². The summed E-state index contributed by atoms with van der Waals surface area (Å²) in [6.07, 6.45) is 0. The number of carbonyl (C=O) groups is 2. The van der Waals surface area contributed by atoms with Crippen molar-refractivity contribution in [2.75, 3.05) is 31.6 Å². The first-order chi connectivity index (χ1) is 10.1. The molecule has 3 N–H and O–H groups in total. The highest BCUT2D eigenvalue weighted by molar-refractivity contribution is 5.98. The van der Waals surface area contributed by atoms with Gasteiger partial charge in [0.2, 0.25) is 5.91 Å². The van der Waals surface area contributed by atoms with E-state index in [2.05, 4.69) is 16.0 Å². The second-order valence-corrected chi connectivity index (χ2v) is 4.96. The molecule has 0 aliphatic carbocycles. The Morgan fingerprint density at radius 2 is 2.24 bits per heavy atom. The molecule has 0 saturated carbocycles. The van der Waals surface area contributed by atoms with E-state index in [0.717, 1.165) is 5.56 Å². The van der Waals surface area contributed by atoms with Crippen LogP contribution in [0.1, 0.15) is 22.8 Å². The van der Waals surface area contributed by atoms with Crippen LogP contribution in [-0.2, 0) is 9.53 Å². The van der Waals surface area contributed by atoms with Gasteiger partial charge in [0.15, 0.2) is 0 Å². The van der Waals surface area contributed by atoms with Crippen LogP contribution < -0.4 is 16.0 Å². The summed E-state index contributed by atoms with van der Waals surface area (Å²) in [6, 6.07) is 4.90. The molecule has 0 aromatic heterocycles. The summed E-state index contributed by atoms with van der Waals surface area (Å²) in [5.74, 6) is -0.232. The Bertz CT molecular complexity index is 525. The number of morpholine rings is 1. The third kappa shape index (κ3) is 4.03. The molecule has 1 saturated heterocycles. The summed E-state index contributed by atoms with van der Waals surface area (Å²) >= 11 is 0. The molecule has 2 amide bonds. The van der Waals surface area contributed by atoms with Crippen LogP contribution in [0.3, 0.4) is 0 Å². The van der Waals surface area contributed by atoms with Crippen LogP contribution in [0.4, 0.5) is 5.69 Å². The zero-order valence-electron chi connectivity index (χ0n) is 12.4. The topological polar surface area (TPSA) is 79.5 Å². The number of nitrogens with one attached hydrogen (secondary N) is 3. The maximum atomic E-state index is 12.1. The van der Waals surface area contributed by atoms with E-state index in [-0.39, 0.29) is 17.9 Å². The number of amides is 2. The number of anilines is 1. The Hall–Kier alpha value is -1.92. The first kappa shape index (κ1) is 15.5. The lowest BCUT2D eigenvalue weighted by molar-refractivity contribution is -0.120. The second kappa shape index (κ2) is 7.19. The summed E-state index contributed by atoms with van der Waals surface area (Å²) in [5, 5.41) is 8.72. The molecule has 21 heavy (non-hydrogen) atoms. The maximum Gasteiger partial charge on any atom is 0.251 e. The molecule has 6 nitrogen and oxygen atoms in total. The van der Waals surface area contributed by atoms with Crippen molar-refractivity contribution >= 4 is 17.5 Å². The molecule has 1 aliphatic rings. The lowest BCUT2D eigenvalue weighted by atomic mass is 10.1. The summed E-state index contributed by atoms with van der Waals surface area (Å²) in [5.41, 5.74) is 2.15. The largest absolute Gasteiger partial charge is 0.378 e. The van der Waals surface area contributed by atoms with Crippen molar-refractivity contribution in [2.24, 2.45) is 0 Å². The Morgan fingerprint density at radius 1 is 1.43 bits per heavy atom. The lowest BCUT2D eigenvalue weighted by Crippen LogP contribution is -2.48. The maximum absolute atomic E-state index is 12.1. The highest BCUT2D eigenvalue weighted by Gasteiger charge is 2.21. The van der Waals surface area contributed by atoms with Gasteiger partial charge in [0, 0.05) is 24.3 Å². The van der Waals surface area contributed by atoms with Crippen LogP contribution in [0.2, 0.25) is 0 Å². The predicted octanol–water partition coefficient (Wildman–Crippen LogP) is 0.672. The summed E-state index contributed by atoms with van der Waals surface area (Å²) < 4.78 is 5.27. The molecule has 1 aromatic carbocycles. The summed E-state index contributed by atoms with van der Waals surface area (Å²) in [6.45, 7) is 6.00. The minimum absolute atomic E-state index is 0.110. The fraction of sp³-hybridized carbons (Fsp3) is 0.467. The minimum Gasteiger partial charge on any atom is -0.378 e. The Labute approximate surface area is 124 Å². The van der Waals surface area contributed by atoms with Gasteiger partial charge in [0.1, 0.15) is 6.04 Å². The minimum atomic E-state index is -0.332. The Morgan fingerprint density at radius 3 is 2.86 bits per heavy atom. The van der Waals surface area contributed by atoms with Crippen LogP contribution in [-0.4, -0.2) is 44.2 Å². The van der Waals surface area contributed by atoms with Gasteiger partial charge in [-0.25, -0.2) is 0 Å². The number of benzene rings is 1. The van der Waals surface area contributed by atoms with Crippen LogP contribution >= 0.6 is 0 Å². The molecule has 1 aliphatic heterocycles. The van der Waals surface area contributed by atoms with E-state index in [0.29, 0.717) is 37.6 Å². The van der Waals surface area contributed by atoms with Gasteiger partial charge in [-0.1, -0.05) is 0 Å². The van der Waals surface area contributed by atoms with Crippen molar-refractivity contribution in [3.05, 3.63) is 29.3 Å². The van der Waals surface area contributed by atoms with Crippen molar-refractivity contribution in [2.45, 2.75) is 19.9 Å². The van der Waals surface area contributed by atoms with Gasteiger partial charge in [0.05, 0.1) is 13.2 Å². The number of carbonyl (C=O) groups excluding carboxylic acids is 2. The molecule has 0 bridgehead atoms. The molecule has 2 rings (SSSR count). The van der Waals surface area contributed by atoms with Crippen molar-refractivity contribution in [1.82, 2.24) is 10.6 Å². The number of rotatable bonds is 4. The number of hydrogen-bond donors (Lipinski definition) is 3. The molecule has 0 spiro atoms. The second-order valence-electron chi connectivity index (χ2n) is 4.96. The van der Waals surface area contributed by atoms with Gasteiger partial charge in [0.25, 0.3) is 5.91 Å². The smallest absolute Gasteiger partial charge is 0.251 e. The highest BCUT2D eigenvalue weighted by atomic mass is 16.5. The fourth-order valence-electron chi connectivity index (χ4n) is 2.16. The van der Waals surface area contributed by atoms with Gasteiger partial charge >= 0.3 is 0 Å². The van der Waals surface area contributed by atoms with Crippen molar-refractivity contribution in [3.8, 4) is 0 Å². The summed E-state index contributed by atoms with van der Waals surface area (Å²) in [7, 11) is 0. The summed E-state index contributed by atoms with van der Waals surface area (Å²) in [4.78, 5) is 23.9. The SMILES string of the molecule is CCNC(=O)c1ccc(NC(=O)C2COCCN2)c(C)c1. The third-order valence-corrected chi connectivity index (χ3v) is 3.32.